The number of rotatable bonds is 1. The zero-order valence-corrected chi connectivity index (χ0v) is 9.71. The van der Waals surface area contributed by atoms with Crippen LogP contribution < -0.4 is 0 Å². The van der Waals surface area contributed by atoms with Gasteiger partial charge in [-0.1, -0.05) is 31.2 Å². The third kappa shape index (κ3) is 0.924. The molecule has 1 fully saturated rings. The molecule has 1 aromatic rings. The first-order valence-electron chi connectivity index (χ1n) is 5.27. The number of benzene rings is 1. The minimum absolute atomic E-state index is 0.324. The molecule has 2 nitrogen and oxygen atoms in total. The van der Waals surface area contributed by atoms with E-state index < -0.39 is 14.6 Å². The molecule has 0 amide bonds. The molecule has 2 aliphatic rings. The number of sulfone groups is 1. The minimum Gasteiger partial charge on any atom is -0.228 e. The Morgan fingerprint density at radius 3 is 2.67 bits per heavy atom. The van der Waals surface area contributed by atoms with Crippen LogP contribution in [0, 0.1) is 5.92 Å². The van der Waals surface area contributed by atoms with Crippen LogP contribution in [0.25, 0.3) is 0 Å². The largest absolute Gasteiger partial charge is 0.228 e. The lowest BCUT2D eigenvalue weighted by Gasteiger charge is -2.12. The summed E-state index contributed by atoms with van der Waals surface area (Å²) in [5.74, 6) is 0.723. The first-order chi connectivity index (χ1) is 6.98. The van der Waals surface area contributed by atoms with Gasteiger partial charge in [0.2, 0.25) is 0 Å². The summed E-state index contributed by atoms with van der Waals surface area (Å²) in [6, 6.07) is 7.99. The summed E-state index contributed by atoms with van der Waals surface area (Å²) in [6.07, 6.45) is 2.20. The Bertz CT molecular complexity index is 532. The molecule has 80 valence electrons. The summed E-state index contributed by atoms with van der Waals surface area (Å²) in [4.78, 5) is 0. The lowest BCUT2D eigenvalue weighted by molar-refractivity contribution is 0.577. The molecule has 0 spiro atoms. The quantitative estimate of drug-likeness (QED) is 0.729. The van der Waals surface area contributed by atoms with E-state index in [-0.39, 0.29) is 0 Å². The molecule has 3 atom stereocenters. The van der Waals surface area contributed by atoms with Crippen LogP contribution in [0.4, 0.5) is 0 Å². The Kier molecular flexibility index (Phi) is 1.54. The highest BCUT2D eigenvalue weighted by Crippen LogP contribution is 2.69. The molecule has 2 aliphatic carbocycles. The van der Waals surface area contributed by atoms with E-state index in [2.05, 4.69) is 13.0 Å². The molecule has 3 rings (SSSR count). The van der Waals surface area contributed by atoms with E-state index in [1.165, 1.54) is 11.8 Å². The molecule has 3 heteroatoms. The second kappa shape index (κ2) is 2.46. The molecule has 0 saturated heterocycles. The van der Waals surface area contributed by atoms with Crippen molar-refractivity contribution in [1.82, 2.24) is 0 Å². The summed E-state index contributed by atoms with van der Waals surface area (Å²) in [5.41, 5.74) is 2.30. The number of hydrogen-bond donors (Lipinski definition) is 0. The van der Waals surface area contributed by atoms with Gasteiger partial charge in [-0.25, -0.2) is 8.42 Å². The van der Waals surface area contributed by atoms with Crippen LogP contribution >= 0.6 is 0 Å². The minimum atomic E-state index is -2.97. The molecular weight excluding hydrogens is 208 g/mol. The normalized spacial score (nSPS) is 37.2. The van der Waals surface area contributed by atoms with Gasteiger partial charge in [0.25, 0.3) is 0 Å². The zero-order chi connectivity index (χ0) is 10.8. The van der Waals surface area contributed by atoms with Gasteiger partial charge in [-0.3, -0.25) is 0 Å². The van der Waals surface area contributed by atoms with E-state index in [4.69, 9.17) is 0 Å². The van der Waals surface area contributed by atoms with Crippen LogP contribution in [-0.2, 0) is 14.6 Å². The van der Waals surface area contributed by atoms with Crippen LogP contribution in [0.5, 0.6) is 0 Å². The van der Waals surface area contributed by atoms with E-state index in [1.807, 2.05) is 18.2 Å². The van der Waals surface area contributed by atoms with Crippen molar-refractivity contribution in [3.63, 3.8) is 0 Å². The molecular formula is C12H14O2S. The molecule has 0 bridgehead atoms. The van der Waals surface area contributed by atoms with Crippen molar-refractivity contribution in [2.75, 3.05) is 6.26 Å². The predicted octanol–water partition coefficient (Wildman–Crippen LogP) is 2.06. The lowest BCUT2D eigenvalue weighted by Crippen LogP contribution is -2.19. The monoisotopic (exact) mass is 222 g/mol. The summed E-state index contributed by atoms with van der Waals surface area (Å²) in [7, 11) is -2.97. The summed E-state index contributed by atoms with van der Waals surface area (Å²) in [6.45, 7) is 2.14. The van der Waals surface area contributed by atoms with Gasteiger partial charge in [-0.15, -0.1) is 0 Å². The molecule has 0 N–H and O–H groups in total. The Labute approximate surface area is 90.2 Å². The maximum absolute atomic E-state index is 11.9. The fourth-order valence-electron chi connectivity index (χ4n) is 3.28. The highest BCUT2D eigenvalue weighted by molar-refractivity contribution is 7.92. The Balaban J connectivity index is 2.29. The van der Waals surface area contributed by atoms with Gasteiger partial charge in [0.05, 0.1) is 0 Å². The van der Waals surface area contributed by atoms with Crippen LogP contribution in [0.2, 0.25) is 0 Å². The molecule has 3 unspecified atom stereocenters. The Morgan fingerprint density at radius 2 is 2.00 bits per heavy atom. The third-order valence-corrected chi connectivity index (χ3v) is 6.15. The predicted molar refractivity (Wildman–Crippen MR) is 59.5 cm³/mol. The van der Waals surface area contributed by atoms with E-state index >= 15 is 0 Å². The second-order valence-corrected chi connectivity index (χ2v) is 7.12. The number of fused-ring (bicyclic) bond motifs is 3. The molecule has 15 heavy (non-hydrogen) atoms. The molecule has 0 aliphatic heterocycles. The molecule has 1 saturated carbocycles. The van der Waals surface area contributed by atoms with E-state index in [1.54, 1.807) is 0 Å². The first kappa shape index (κ1) is 9.40. The summed E-state index contributed by atoms with van der Waals surface area (Å²) >= 11 is 0. The maximum Gasteiger partial charge on any atom is 0.157 e. The molecule has 0 heterocycles. The fourth-order valence-corrected chi connectivity index (χ4v) is 5.10. The van der Waals surface area contributed by atoms with Gasteiger partial charge >= 0.3 is 0 Å². The second-order valence-electron chi connectivity index (χ2n) is 4.85. The molecule has 1 aromatic carbocycles. The first-order valence-corrected chi connectivity index (χ1v) is 7.16. The van der Waals surface area contributed by atoms with E-state index in [0.29, 0.717) is 11.8 Å². The van der Waals surface area contributed by atoms with Crippen molar-refractivity contribution < 1.29 is 8.42 Å². The third-order valence-electron chi connectivity index (χ3n) is 4.13. The van der Waals surface area contributed by atoms with E-state index in [0.717, 1.165) is 12.0 Å². The van der Waals surface area contributed by atoms with Crippen molar-refractivity contribution in [2.45, 2.75) is 24.0 Å². The van der Waals surface area contributed by atoms with Gasteiger partial charge in [-0.05, 0) is 29.4 Å². The van der Waals surface area contributed by atoms with Crippen molar-refractivity contribution in [3.05, 3.63) is 35.4 Å². The van der Waals surface area contributed by atoms with Crippen LogP contribution in [-0.4, -0.2) is 14.7 Å². The fraction of sp³-hybridized carbons (Fsp3) is 0.500. The van der Waals surface area contributed by atoms with E-state index in [9.17, 15) is 8.42 Å². The Hall–Kier alpha value is -0.830. The van der Waals surface area contributed by atoms with Crippen LogP contribution in [0.3, 0.4) is 0 Å². The van der Waals surface area contributed by atoms with Gasteiger partial charge in [0.15, 0.2) is 9.84 Å². The topological polar surface area (TPSA) is 34.1 Å². The van der Waals surface area contributed by atoms with Crippen molar-refractivity contribution in [2.24, 2.45) is 5.92 Å². The zero-order valence-electron chi connectivity index (χ0n) is 8.90. The summed E-state index contributed by atoms with van der Waals surface area (Å²) in [5, 5.41) is 0. The van der Waals surface area contributed by atoms with Crippen molar-refractivity contribution in [3.8, 4) is 0 Å². The average Bonchev–Trinajstić information content (AvgIpc) is 2.87. The van der Waals surface area contributed by atoms with Gasteiger partial charge in [0.1, 0.15) is 4.75 Å². The number of hydrogen-bond acceptors (Lipinski definition) is 2. The molecule has 0 radical (unpaired) electrons. The van der Waals surface area contributed by atoms with Crippen molar-refractivity contribution in [1.29, 1.82) is 0 Å². The highest BCUT2D eigenvalue weighted by Gasteiger charge is 2.69. The summed E-state index contributed by atoms with van der Waals surface area (Å²) < 4.78 is 23.3. The van der Waals surface area contributed by atoms with Gasteiger partial charge in [-0.2, -0.15) is 0 Å². The van der Waals surface area contributed by atoms with Crippen molar-refractivity contribution >= 4 is 9.84 Å². The van der Waals surface area contributed by atoms with Crippen LogP contribution in [0.1, 0.15) is 30.4 Å². The van der Waals surface area contributed by atoms with Gasteiger partial charge < -0.3 is 0 Å². The van der Waals surface area contributed by atoms with Crippen LogP contribution in [0.15, 0.2) is 24.3 Å². The lowest BCUT2D eigenvalue weighted by atomic mass is 9.98. The SMILES string of the molecule is CC1c2ccccc2C2(S(C)(=O)=O)CC12. The standard InChI is InChI=1S/C12H14O2S/c1-8-9-5-3-4-6-10(9)12(7-11(8)12)15(2,13)14/h3-6,8,11H,7H2,1-2H3. The maximum atomic E-state index is 11.9. The highest BCUT2D eigenvalue weighted by atomic mass is 32.2. The Morgan fingerprint density at radius 1 is 1.33 bits per heavy atom. The molecule has 0 aromatic heterocycles. The van der Waals surface area contributed by atoms with Gasteiger partial charge in [0, 0.05) is 6.26 Å². The smallest absolute Gasteiger partial charge is 0.157 e. The average molecular weight is 222 g/mol.